The minimum absolute atomic E-state index is 0.873. The predicted molar refractivity (Wildman–Crippen MR) is 245 cm³/mol. The van der Waals surface area contributed by atoms with E-state index in [0.717, 1.165) is 6.42 Å². The minimum Gasteiger partial charge on any atom is -0.310 e. The van der Waals surface area contributed by atoms with Crippen LogP contribution >= 0.6 is 0 Å². The second kappa shape index (κ2) is 18.5. The molecule has 0 spiro atoms. The van der Waals surface area contributed by atoms with Crippen LogP contribution in [0.1, 0.15) is 106 Å². The van der Waals surface area contributed by atoms with Crippen LogP contribution in [0.5, 0.6) is 0 Å². The maximum atomic E-state index is 2.41. The molecule has 55 heavy (non-hydrogen) atoms. The molecular formula is C53H66N2. The Bertz CT molecular complexity index is 1870. The van der Waals surface area contributed by atoms with Gasteiger partial charge in [-0.2, -0.15) is 0 Å². The van der Waals surface area contributed by atoms with Crippen molar-refractivity contribution in [2.24, 2.45) is 0 Å². The molecule has 6 rings (SSSR count). The van der Waals surface area contributed by atoms with Crippen LogP contribution < -0.4 is 9.80 Å². The highest BCUT2D eigenvalue weighted by atomic mass is 15.1. The van der Waals surface area contributed by atoms with E-state index in [9.17, 15) is 0 Å². The summed E-state index contributed by atoms with van der Waals surface area (Å²) in [5, 5.41) is 0. The van der Waals surface area contributed by atoms with Gasteiger partial charge in [-0.25, -0.2) is 0 Å². The van der Waals surface area contributed by atoms with E-state index in [-0.39, 0.29) is 0 Å². The third-order valence-corrected chi connectivity index (χ3v) is 11.5. The van der Waals surface area contributed by atoms with Crippen LogP contribution in [0, 0.1) is 83.1 Å². The van der Waals surface area contributed by atoms with Crippen molar-refractivity contribution in [2.75, 3.05) is 9.80 Å². The molecule has 0 aromatic heterocycles. The lowest BCUT2D eigenvalue weighted by Gasteiger charge is -2.28. The average Bonchev–Trinajstić information content (AvgIpc) is 3.17. The van der Waals surface area contributed by atoms with Crippen molar-refractivity contribution in [1.82, 2.24) is 0 Å². The Kier molecular flexibility index (Phi) is 14.4. The number of hydrogen-bond donors (Lipinski definition) is 0. The summed E-state index contributed by atoms with van der Waals surface area (Å²) in [7, 11) is 0. The van der Waals surface area contributed by atoms with E-state index < -0.39 is 0 Å². The van der Waals surface area contributed by atoms with E-state index in [0.29, 0.717) is 0 Å². The van der Waals surface area contributed by atoms with Gasteiger partial charge in [-0.15, -0.1) is 0 Å². The first kappa shape index (κ1) is 42.7. The van der Waals surface area contributed by atoms with Crippen molar-refractivity contribution in [3.63, 3.8) is 0 Å². The second-order valence-electron chi connectivity index (χ2n) is 15.0. The summed E-state index contributed by atoms with van der Waals surface area (Å²) in [5.74, 6) is 0. The van der Waals surface area contributed by atoms with Crippen molar-refractivity contribution >= 4 is 34.1 Å². The van der Waals surface area contributed by atoms with Gasteiger partial charge in [0.05, 0.1) is 0 Å². The van der Waals surface area contributed by atoms with E-state index in [1.54, 1.807) is 0 Å². The summed E-state index contributed by atoms with van der Waals surface area (Å²) in [4.78, 5) is 4.82. The van der Waals surface area contributed by atoms with Gasteiger partial charge in [0.1, 0.15) is 0 Å². The molecule has 0 saturated heterocycles. The van der Waals surface area contributed by atoms with Crippen molar-refractivity contribution in [1.29, 1.82) is 0 Å². The van der Waals surface area contributed by atoms with Gasteiger partial charge >= 0.3 is 0 Å². The lowest BCUT2D eigenvalue weighted by atomic mass is 9.99. The van der Waals surface area contributed by atoms with Crippen LogP contribution in [0.2, 0.25) is 0 Å². The maximum Gasteiger partial charge on any atom is 0.0467 e. The van der Waals surface area contributed by atoms with Gasteiger partial charge in [0, 0.05) is 34.1 Å². The van der Waals surface area contributed by atoms with Crippen molar-refractivity contribution in [3.05, 3.63) is 175 Å². The molecule has 0 saturated carbocycles. The Labute approximate surface area is 334 Å². The third kappa shape index (κ3) is 9.42. The Balaban J connectivity index is 0.00000163. The summed E-state index contributed by atoms with van der Waals surface area (Å²) in [5.41, 5.74) is 25.7. The third-order valence-electron chi connectivity index (χ3n) is 11.5. The van der Waals surface area contributed by atoms with Crippen molar-refractivity contribution < 1.29 is 0 Å². The fourth-order valence-corrected chi connectivity index (χ4v) is 7.22. The van der Waals surface area contributed by atoms with Crippen LogP contribution in [-0.4, -0.2) is 0 Å². The Morgan fingerprint density at radius 3 is 0.636 bits per heavy atom. The number of nitrogens with zero attached hydrogens (tertiary/aromatic N) is 2. The number of hydrogen-bond acceptors (Lipinski definition) is 2. The van der Waals surface area contributed by atoms with Crippen LogP contribution in [0.3, 0.4) is 0 Å². The SMILES string of the molecule is CC.CC.Cc1cc(N(c2ccc(Cc3ccc(N(c4cc(C)c(C)c(C)c4)c4cc(C)c(C)c(C)c4)cc3)cc2)c2cc(C)c(C)c(C)c2)cc(C)c1C. The molecule has 288 valence electrons. The zero-order chi connectivity index (χ0) is 40.7. The first-order chi connectivity index (χ1) is 26.2. The van der Waals surface area contributed by atoms with E-state index in [1.807, 2.05) is 27.7 Å². The topological polar surface area (TPSA) is 6.48 Å². The van der Waals surface area contributed by atoms with E-state index in [4.69, 9.17) is 0 Å². The lowest BCUT2D eigenvalue weighted by molar-refractivity contribution is 1.16. The molecule has 2 nitrogen and oxygen atoms in total. The smallest absolute Gasteiger partial charge is 0.0467 e. The van der Waals surface area contributed by atoms with Gasteiger partial charge < -0.3 is 9.80 Å². The Morgan fingerprint density at radius 1 is 0.273 bits per heavy atom. The van der Waals surface area contributed by atoms with Crippen LogP contribution in [0.25, 0.3) is 0 Å². The summed E-state index contributed by atoms with van der Waals surface area (Å²) < 4.78 is 0. The molecule has 0 heterocycles. The van der Waals surface area contributed by atoms with Crippen LogP contribution in [0.15, 0.2) is 97.1 Å². The van der Waals surface area contributed by atoms with Crippen molar-refractivity contribution in [2.45, 2.75) is 117 Å². The molecular weight excluding hydrogens is 665 g/mol. The second-order valence-corrected chi connectivity index (χ2v) is 15.0. The average molecular weight is 731 g/mol. The molecule has 0 N–H and O–H groups in total. The zero-order valence-electron chi connectivity index (χ0n) is 36.8. The van der Waals surface area contributed by atoms with Gasteiger partial charge in [-0.1, -0.05) is 52.0 Å². The molecule has 0 radical (unpaired) electrons. The summed E-state index contributed by atoms with van der Waals surface area (Å²) >= 11 is 0. The largest absolute Gasteiger partial charge is 0.310 e. The molecule has 6 aromatic rings. The van der Waals surface area contributed by atoms with E-state index in [2.05, 4.69) is 190 Å². The standard InChI is InChI=1S/C49H54N2.2C2H6/c1-30-21-46(22-31(2)38(30)9)50(47-23-32(3)39(10)33(4)24-47)44-17-13-42(14-18-44)29-43-15-19-45(20-16-43)51(48-25-34(5)40(11)35(6)26-48)49-27-36(7)41(12)37(8)28-49;2*1-2/h13-28H,29H2,1-12H3;2*1-2H3. The summed E-state index contributed by atoms with van der Waals surface area (Å²) in [6.07, 6.45) is 0.873. The Hall–Kier alpha value is -5.08. The number of anilines is 6. The highest BCUT2D eigenvalue weighted by Crippen LogP contribution is 2.40. The van der Waals surface area contributed by atoms with Gasteiger partial charge in [-0.05, 0) is 240 Å². The van der Waals surface area contributed by atoms with E-state index in [1.165, 1.54) is 112 Å². The van der Waals surface area contributed by atoms with Gasteiger partial charge in [0.25, 0.3) is 0 Å². The summed E-state index contributed by atoms with van der Waals surface area (Å²) in [6, 6.07) is 36.9. The number of benzene rings is 6. The number of aryl methyl sites for hydroxylation is 8. The first-order valence-corrected chi connectivity index (χ1v) is 20.3. The molecule has 0 bridgehead atoms. The Morgan fingerprint density at radius 2 is 0.455 bits per heavy atom. The van der Waals surface area contributed by atoms with Gasteiger partial charge in [-0.3, -0.25) is 0 Å². The van der Waals surface area contributed by atoms with E-state index >= 15 is 0 Å². The molecule has 0 fully saturated rings. The van der Waals surface area contributed by atoms with Crippen LogP contribution in [-0.2, 0) is 6.42 Å². The van der Waals surface area contributed by atoms with Crippen molar-refractivity contribution in [3.8, 4) is 0 Å². The molecule has 2 heteroatoms. The van der Waals surface area contributed by atoms with Gasteiger partial charge in [0.15, 0.2) is 0 Å². The molecule has 0 aliphatic heterocycles. The molecule has 0 atom stereocenters. The normalized spacial score (nSPS) is 10.6. The lowest BCUT2D eigenvalue weighted by Crippen LogP contribution is -2.12. The van der Waals surface area contributed by atoms with Crippen LogP contribution in [0.4, 0.5) is 34.1 Å². The maximum absolute atomic E-state index is 2.41. The highest BCUT2D eigenvalue weighted by Gasteiger charge is 2.18. The fraction of sp³-hybridized carbons (Fsp3) is 0.321. The minimum atomic E-state index is 0.873. The molecule has 0 aliphatic rings. The number of rotatable bonds is 8. The van der Waals surface area contributed by atoms with Gasteiger partial charge in [0.2, 0.25) is 0 Å². The zero-order valence-corrected chi connectivity index (χ0v) is 36.8. The first-order valence-electron chi connectivity index (χ1n) is 20.3. The molecule has 0 amide bonds. The molecule has 6 aromatic carbocycles. The quantitative estimate of drug-likeness (QED) is 0.154. The molecule has 0 aliphatic carbocycles. The fourth-order valence-electron chi connectivity index (χ4n) is 7.22. The molecule has 0 unspecified atom stereocenters. The monoisotopic (exact) mass is 731 g/mol. The summed E-state index contributed by atoms with van der Waals surface area (Å²) in [6.45, 7) is 34.6. The predicted octanol–water partition coefficient (Wildman–Crippen LogP) is 16.0. The highest BCUT2D eigenvalue weighted by molar-refractivity contribution is 5.80.